The number of rotatable bonds is 6. The van der Waals surface area contributed by atoms with Crippen molar-refractivity contribution < 1.29 is 9.13 Å². The van der Waals surface area contributed by atoms with Crippen molar-refractivity contribution in [3.63, 3.8) is 0 Å². The van der Waals surface area contributed by atoms with Gasteiger partial charge in [0.1, 0.15) is 11.6 Å². The summed E-state index contributed by atoms with van der Waals surface area (Å²) in [5.74, 6) is 0.768. The molecular formula is C20H25FN2O. The largest absolute Gasteiger partial charge is 0.494 e. The lowest BCUT2D eigenvalue weighted by molar-refractivity contribution is 0.122. The highest BCUT2D eigenvalue weighted by Gasteiger charge is 2.17. The van der Waals surface area contributed by atoms with E-state index in [2.05, 4.69) is 21.9 Å². The van der Waals surface area contributed by atoms with Gasteiger partial charge in [-0.1, -0.05) is 24.3 Å². The minimum Gasteiger partial charge on any atom is -0.494 e. The molecule has 0 spiro atoms. The summed E-state index contributed by atoms with van der Waals surface area (Å²) in [5.41, 5.74) is 2.50. The Balaban J connectivity index is 1.45. The lowest BCUT2D eigenvalue weighted by atomic mass is 10.1. The Morgan fingerprint density at radius 3 is 1.71 bits per heavy atom. The van der Waals surface area contributed by atoms with Crippen LogP contribution in [0.4, 0.5) is 4.39 Å². The van der Waals surface area contributed by atoms with Crippen molar-refractivity contribution in [2.75, 3.05) is 32.8 Å². The van der Waals surface area contributed by atoms with Crippen molar-refractivity contribution in [1.29, 1.82) is 0 Å². The molecular weight excluding hydrogens is 303 g/mol. The van der Waals surface area contributed by atoms with E-state index in [0.717, 1.165) is 45.0 Å². The summed E-state index contributed by atoms with van der Waals surface area (Å²) in [5, 5.41) is 0. The van der Waals surface area contributed by atoms with Crippen molar-refractivity contribution in [2.24, 2.45) is 0 Å². The first-order chi connectivity index (χ1) is 11.7. The topological polar surface area (TPSA) is 15.7 Å². The van der Waals surface area contributed by atoms with Crippen LogP contribution in [0.3, 0.4) is 0 Å². The van der Waals surface area contributed by atoms with Gasteiger partial charge in [0.05, 0.1) is 6.61 Å². The predicted molar refractivity (Wildman–Crippen MR) is 94.6 cm³/mol. The van der Waals surface area contributed by atoms with E-state index < -0.39 is 0 Å². The van der Waals surface area contributed by atoms with Gasteiger partial charge in [-0.15, -0.1) is 0 Å². The second-order valence-electron chi connectivity index (χ2n) is 6.26. The van der Waals surface area contributed by atoms with E-state index in [4.69, 9.17) is 4.74 Å². The highest BCUT2D eigenvalue weighted by molar-refractivity contribution is 5.27. The molecule has 128 valence electrons. The van der Waals surface area contributed by atoms with Gasteiger partial charge in [-0.25, -0.2) is 4.39 Å². The van der Waals surface area contributed by atoms with Gasteiger partial charge in [0, 0.05) is 39.3 Å². The Kier molecular flexibility index (Phi) is 5.83. The van der Waals surface area contributed by atoms with Gasteiger partial charge in [0.25, 0.3) is 0 Å². The second kappa shape index (κ2) is 8.27. The van der Waals surface area contributed by atoms with Crippen molar-refractivity contribution >= 4 is 0 Å². The van der Waals surface area contributed by atoms with E-state index in [1.54, 1.807) is 0 Å². The normalized spacial score (nSPS) is 16.2. The summed E-state index contributed by atoms with van der Waals surface area (Å²) in [7, 11) is 0. The molecule has 0 N–H and O–H groups in total. The Morgan fingerprint density at radius 1 is 0.792 bits per heavy atom. The molecule has 1 aliphatic heterocycles. The lowest BCUT2D eigenvalue weighted by Gasteiger charge is -2.34. The minimum absolute atomic E-state index is 0.168. The average molecular weight is 328 g/mol. The molecule has 1 aliphatic rings. The molecule has 3 nitrogen and oxygen atoms in total. The number of nitrogens with zero attached hydrogens (tertiary/aromatic N) is 2. The summed E-state index contributed by atoms with van der Waals surface area (Å²) in [6, 6.07) is 15.2. The van der Waals surface area contributed by atoms with Gasteiger partial charge in [0.15, 0.2) is 0 Å². The maximum absolute atomic E-state index is 13.0. The fourth-order valence-corrected chi connectivity index (χ4v) is 3.07. The van der Waals surface area contributed by atoms with Crippen LogP contribution in [0.2, 0.25) is 0 Å². The zero-order chi connectivity index (χ0) is 16.8. The number of hydrogen-bond donors (Lipinski definition) is 0. The molecule has 1 heterocycles. The van der Waals surface area contributed by atoms with E-state index in [1.165, 1.54) is 23.3 Å². The van der Waals surface area contributed by atoms with Crippen molar-refractivity contribution in [1.82, 2.24) is 9.80 Å². The Labute approximate surface area is 143 Å². The van der Waals surface area contributed by atoms with Crippen LogP contribution in [0, 0.1) is 5.82 Å². The van der Waals surface area contributed by atoms with Crippen LogP contribution >= 0.6 is 0 Å². The van der Waals surface area contributed by atoms with Crippen LogP contribution in [0.25, 0.3) is 0 Å². The third-order valence-corrected chi connectivity index (χ3v) is 4.42. The Morgan fingerprint density at radius 2 is 1.25 bits per heavy atom. The first kappa shape index (κ1) is 16.9. The number of benzene rings is 2. The van der Waals surface area contributed by atoms with Crippen molar-refractivity contribution in [3.8, 4) is 5.75 Å². The van der Waals surface area contributed by atoms with Crippen LogP contribution in [-0.2, 0) is 13.1 Å². The summed E-state index contributed by atoms with van der Waals surface area (Å²) in [6.45, 7) is 8.81. The van der Waals surface area contributed by atoms with Crippen LogP contribution in [-0.4, -0.2) is 42.6 Å². The van der Waals surface area contributed by atoms with Gasteiger partial charge in [-0.3, -0.25) is 9.80 Å². The summed E-state index contributed by atoms with van der Waals surface area (Å²) >= 11 is 0. The van der Waals surface area contributed by atoms with Gasteiger partial charge < -0.3 is 4.74 Å². The summed E-state index contributed by atoms with van der Waals surface area (Å²) in [4.78, 5) is 4.92. The molecule has 24 heavy (non-hydrogen) atoms. The molecule has 2 aromatic rings. The smallest absolute Gasteiger partial charge is 0.123 e. The third kappa shape index (κ3) is 4.79. The molecule has 0 saturated carbocycles. The Bertz CT molecular complexity index is 619. The second-order valence-corrected chi connectivity index (χ2v) is 6.26. The van der Waals surface area contributed by atoms with Crippen LogP contribution in [0.15, 0.2) is 48.5 Å². The van der Waals surface area contributed by atoms with E-state index in [-0.39, 0.29) is 5.82 Å². The molecule has 0 unspecified atom stereocenters. The molecule has 2 aromatic carbocycles. The zero-order valence-corrected chi connectivity index (χ0v) is 14.2. The SMILES string of the molecule is CCOc1ccc(CN2CCN(Cc3ccc(F)cc3)CC2)cc1. The van der Waals surface area contributed by atoms with Crippen LogP contribution in [0.5, 0.6) is 5.75 Å². The molecule has 3 rings (SSSR count). The molecule has 1 fully saturated rings. The van der Waals surface area contributed by atoms with Crippen LogP contribution in [0.1, 0.15) is 18.1 Å². The summed E-state index contributed by atoms with van der Waals surface area (Å²) < 4.78 is 18.4. The summed E-state index contributed by atoms with van der Waals surface area (Å²) in [6.07, 6.45) is 0. The zero-order valence-electron chi connectivity index (χ0n) is 14.2. The third-order valence-electron chi connectivity index (χ3n) is 4.42. The molecule has 4 heteroatoms. The molecule has 0 atom stereocenters. The lowest BCUT2D eigenvalue weighted by Crippen LogP contribution is -2.45. The van der Waals surface area contributed by atoms with E-state index in [1.807, 2.05) is 31.2 Å². The van der Waals surface area contributed by atoms with Gasteiger partial charge in [0.2, 0.25) is 0 Å². The van der Waals surface area contributed by atoms with Gasteiger partial charge in [-0.05, 0) is 42.3 Å². The highest BCUT2D eigenvalue weighted by atomic mass is 19.1. The quantitative estimate of drug-likeness (QED) is 0.807. The standard InChI is InChI=1S/C20H25FN2O/c1-2-24-20-9-5-18(6-10-20)16-23-13-11-22(12-14-23)15-17-3-7-19(21)8-4-17/h3-10H,2,11-16H2,1H3. The fourth-order valence-electron chi connectivity index (χ4n) is 3.07. The molecule has 0 radical (unpaired) electrons. The first-order valence-electron chi connectivity index (χ1n) is 8.64. The van der Waals surface area contributed by atoms with E-state index in [0.29, 0.717) is 6.61 Å². The minimum atomic E-state index is -0.168. The number of ether oxygens (including phenoxy) is 1. The first-order valence-corrected chi connectivity index (χ1v) is 8.64. The maximum atomic E-state index is 13.0. The van der Waals surface area contributed by atoms with Crippen molar-refractivity contribution in [2.45, 2.75) is 20.0 Å². The van der Waals surface area contributed by atoms with Gasteiger partial charge >= 0.3 is 0 Å². The highest BCUT2D eigenvalue weighted by Crippen LogP contribution is 2.15. The van der Waals surface area contributed by atoms with E-state index >= 15 is 0 Å². The molecule has 1 saturated heterocycles. The Hall–Kier alpha value is -1.91. The van der Waals surface area contributed by atoms with E-state index in [9.17, 15) is 4.39 Å². The number of piperazine rings is 1. The van der Waals surface area contributed by atoms with Gasteiger partial charge in [-0.2, -0.15) is 0 Å². The van der Waals surface area contributed by atoms with Crippen LogP contribution < -0.4 is 4.74 Å². The molecule has 0 aliphatic carbocycles. The fraction of sp³-hybridized carbons (Fsp3) is 0.400. The number of hydrogen-bond acceptors (Lipinski definition) is 3. The van der Waals surface area contributed by atoms with Crippen molar-refractivity contribution in [3.05, 3.63) is 65.5 Å². The maximum Gasteiger partial charge on any atom is 0.123 e. The molecule has 0 bridgehead atoms. The monoisotopic (exact) mass is 328 g/mol. The predicted octanol–water partition coefficient (Wildman–Crippen LogP) is 3.54. The number of halogens is 1. The molecule has 0 aromatic heterocycles. The molecule has 0 amide bonds. The average Bonchev–Trinajstić information content (AvgIpc) is 2.61.